The molecular formula is C22H31ClN2O3. The topological polar surface area (TPSA) is 58.6 Å². The molecule has 0 spiro atoms. The Kier molecular flexibility index (Phi) is 6.54. The van der Waals surface area contributed by atoms with Crippen LogP contribution in [-0.2, 0) is 4.74 Å². The lowest BCUT2D eigenvalue weighted by atomic mass is 9.88. The van der Waals surface area contributed by atoms with Gasteiger partial charge in [-0.2, -0.15) is 0 Å². The fourth-order valence-corrected chi connectivity index (χ4v) is 3.88. The molecule has 1 heterocycles. The number of nitrogens with zero attached hydrogens (tertiary/aromatic N) is 1. The summed E-state index contributed by atoms with van der Waals surface area (Å²) in [6, 6.07) is 7.23. The zero-order valence-electron chi connectivity index (χ0n) is 17.0. The summed E-state index contributed by atoms with van der Waals surface area (Å²) in [6.07, 6.45) is 5.04. The van der Waals surface area contributed by atoms with Crippen LogP contribution >= 0.6 is 11.6 Å². The van der Waals surface area contributed by atoms with Crippen LogP contribution in [0.25, 0.3) is 0 Å². The van der Waals surface area contributed by atoms with Crippen molar-refractivity contribution < 1.29 is 14.3 Å². The van der Waals surface area contributed by atoms with Crippen LogP contribution < -0.4 is 5.32 Å². The van der Waals surface area contributed by atoms with Crippen molar-refractivity contribution in [2.24, 2.45) is 11.8 Å². The third-order valence-corrected chi connectivity index (χ3v) is 5.72. The van der Waals surface area contributed by atoms with Crippen molar-refractivity contribution in [1.29, 1.82) is 0 Å². The van der Waals surface area contributed by atoms with Gasteiger partial charge >= 0.3 is 6.09 Å². The van der Waals surface area contributed by atoms with E-state index in [1.807, 2.05) is 20.8 Å². The number of hydrogen-bond donors (Lipinski definition) is 1. The molecule has 1 atom stereocenters. The molecule has 1 saturated carbocycles. The van der Waals surface area contributed by atoms with E-state index in [4.69, 9.17) is 16.3 Å². The summed E-state index contributed by atoms with van der Waals surface area (Å²) >= 11 is 5.91. The fourth-order valence-electron chi connectivity index (χ4n) is 3.76. The number of halogens is 1. The molecule has 28 heavy (non-hydrogen) atoms. The first-order valence-corrected chi connectivity index (χ1v) is 10.6. The molecule has 2 fully saturated rings. The lowest BCUT2D eigenvalue weighted by Gasteiger charge is -2.35. The Morgan fingerprint density at radius 1 is 1.14 bits per heavy atom. The molecule has 5 nitrogen and oxygen atoms in total. The summed E-state index contributed by atoms with van der Waals surface area (Å²) in [5.74, 6) is 1.08. The quantitative estimate of drug-likeness (QED) is 0.757. The van der Waals surface area contributed by atoms with Crippen LogP contribution in [0.15, 0.2) is 24.3 Å². The van der Waals surface area contributed by atoms with Gasteiger partial charge < -0.3 is 15.0 Å². The van der Waals surface area contributed by atoms with Crippen molar-refractivity contribution in [2.45, 2.75) is 64.5 Å². The minimum atomic E-state index is -0.461. The number of piperidine rings is 1. The van der Waals surface area contributed by atoms with Gasteiger partial charge in [0.2, 0.25) is 0 Å². The van der Waals surface area contributed by atoms with Crippen LogP contribution in [0, 0.1) is 11.8 Å². The normalized spacial score (nSPS) is 19.2. The van der Waals surface area contributed by atoms with E-state index in [1.165, 1.54) is 12.8 Å². The molecule has 154 valence electrons. The second-order valence-corrected chi connectivity index (χ2v) is 9.51. The highest BCUT2D eigenvalue weighted by Crippen LogP contribution is 2.37. The van der Waals surface area contributed by atoms with E-state index < -0.39 is 5.60 Å². The SMILES string of the molecule is CC(C)(C)OC(=O)N1CCC(C[C@H](NC(=O)c2ccc(Cl)cc2)C2CC2)CC1. The number of ether oxygens (including phenoxy) is 1. The van der Waals surface area contributed by atoms with Crippen LogP contribution in [-0.4, -0.2) is 41.6 Å². The molecule has 0 aromatic heterocycles. The van der Waals surface area contributed by atoms with Crippen LogP contribution in [0.2, 0.25) is 5.02 Å². The third-order valence-electron chi connectivity index (χ3n) is 5.47. The lowest BCUT2D eigenvalue weighted by molar-refractivity contribution is 0.0177. The highest BCUT2D eigenvalue weighted by molar-refractivity contribution is 6.30. The van der Waals surface area contributed by atoms with Crippen molar-refractivity contribution in [3.8, 4) is 0 Å². The first-order chi connectivity index (χ1) is 13.2. The molecule has 1 aliphatic heterocycles. The maximum Gasteiger partial charge on any atom is 0.410 e. The Hall–Kier alpha value is -1.75. The van der Waals surface area contributed by atoms with Gasteiger partial charge in [0.15, 0.2) is 0 Å². The molecule has 0 unspecified atom stereocenters. The molecule has 1 aliphatic carbocycles. The average molecular weight is 407 g/mol. The summed E-state index contributed by atoms with van der Waals surface area (Å²) < 4.78 is 5.47. The van der Waals surface area contributed by atoms with Crippen molar-refractivity contribution in [3.63, 3.8) is 0 Å². The molecule has 0 radical (unpaired) electrons. The Morgan fingerprint density at radius 3 is 2.29 bits per heavy atom. The van der Waals surface area contributed by atoms with Gasteiger partial charge in [-0.15, -0.1) is 0 Å². The second kappa shape index (κ2) is 8.73. The van der Waals surface area contributed by atoms with E-state index in [0.717, 1.165) is 32.4 Å². The van der Waals surface area contributed by atoms with Gasteiger partial charge in [-0.05, 0) is 89.0 Å². The number of hydrogen-bond acceptors (Lipinski definition) is 3. The molecule has 3 rings (SSSR count). The summed E-state index contributed by atoms with van der Waals surface area (Å²) in [5, 5.41) is 3.87. The smallest absolute Gasteiger partial charge is 0.410 e. The summed E-state index contributed by atoms with van der Waals surface area (Å²) in [4.78, 5) is 26.6. The molecule has 2 aliphatic rings. The standard InChI is InChI=1S/C22H31ClN2O3/c1-22(2,3)28-21(27)25-12-10-15(11-13-25)14-19(16-4-5-16)24-20(26)17-6-8-18(23)9-7-17/h6-9,15-16,19H,4-5,10-14H2,1-3H3,(H,24,26)/t19-/m0/s1. The van der Waals surface area contributed by atoms with E-state index in [2.05, 4.69) is 5.32 Å². The molecular weight excluding hydrogens is 376 g/mol. The molecule has 1 saturated heterocycles. The van der Waals surface area contributed by atoms with Crippen LogP contribution in [0.3, 0.4) is 0 Å². The zero-order valence-corrected chi connectivity index (χ0v) is 17.8. The largest absolute Gasteiger partial charge is 0.444 e. The first-order valence-electron chi connectivity index (χ1n) is 10.3. The van der Waals surface area contributed by atoms with Gasteiger partial charge in [-0.25, -0.2) is 4.79 Å². The Morgan fingerprint density at radius 2 is 1.75 bits per heavy atom. The Bertz CT molecular complexity index is 687. The monoisotopic (exact) mass is 406 g/mol. The van der Waals surface area contributed by atoms with Gasteiger partial charge in [0, 0.05) is 29.7 Å². The van der Waals surface area contributed by atoms with Gasteiger partial charge in [0.25, 0.3) is 5.91 Å². The van der Waals surface area contributed by atoms with Crippen LogP contribution in [0.4, 0.5) is 4.79 Å². The zero-order chi connectivity index (χ0) is 20.3. The maximum atomic E-state index is 12.6. The number of amides is 2. The molecule has 0 bridgehead atoms. The minimum absolute atomic E-state index is 0.0280. The first kappa shape index (κ1) is 21.0. The molecule has 2 amide bonds. The summed E-state index contributed by atoms with van der Waals surface area (Å²) in [6.45, 7) is 7.12. The van der Waals surface area contributed by atoms with E-state index in [-0.39, 0.29) is 18.0 Å². The predicted molar refractivity (Wildman–Crippen MR) is 111 cm³/mol. The highest BCUT2D eigenvalue weighted by atomic mass is 35.5. The van der Waals surface area contributed by atoms with Crippen LogP contribution in [0.1, 0.15) is 63.2 Å². The van der Waals surface area contributed by atoms with Crippen molar-refractivity contribution >= 4 is 23.6 Å². The summed E-state index contributed by atoms with van der Waals surface area (Å²) in [7, 11) is 0. The maximum absolute atomic E-state index is 12.6. The van der Waals surface area contributed by atoms with Crippen molar-refractivity contribution in [3.05, 3.63) is 34.9 Å². The highest BCUT2D eigenvalue weighted by Gasteiger charge is 2.35. The van der Waals surface area contributed by atoms with E-state index in [9.17, 15) is 9.59 Å². The van der Waals surface area contributed by atoms with E-state index in [1.54, 1.807) is 29.2 Å². The Balaban J connectivity index is 1.50. The fraction of sp³-hybridized carbons (Fsp3) is 0.636. The summed E-state index contributed by atoms with van der Waals surface area (Å²) in [5.41, 5.74) is 0.187. The van der Waals surface area contributed by atoms with Gasteiger partial charge in [-0.3, -0.25) is 4.79 Å². The second-order valence-electron chi connectivity index (χ2n) is 9.07. The van der Waals surface area contributed by atoms with Crippen molar-refractivity contribution in [2.75, 3.05) is 13.1 Å². The predicted octanol–water partition coefficient (Wildman–Crippen LogP) is 4.89. The molecule has 1 aromatic rings. The van der Waals surface area contributed by atoms with Gasteiger partial charge in [-0.1, -0.05) is 11.6 Å². The Labute approximate surface area is 172 Å². The van der Waals surface area contributed by atoms with Gasteiger partial charge in [0.05, 0.1) is 0 Å². The number of likely N-dealkylation sites (tertiary alicyclic amines) is 1. The van der Waals surface area contributed by atoms with Crippen LogP contribution in [0.5, 0.6) is 0 Å². The number of carbonyl (C=O) groups is 2. The number of benzene rings is 1. The number of nitrogens with one attached hydrogen (secondary N) is 1. The van der Waals surface area contributed by atoms with Gasteiger partial charge in [0.1, 0.15) is 5.60 Å². The molecule has 1 N–H and O–H groups in total. The lowest BCUT2D eigenvalue weighted by Crippen LogP contribution is -2.44. The third kappa shape index (κ3) is 6.13. The van der Waals surface area contributed by atoms with E-state index in [0.29, 0.717) is 22.4 Å². The van der Waals surface area contributed by atoms with E-state index >= 15 is 0 Å². The average Bonchev–Trinajstić information content (AvgIpc) is 3.46. The van der Waals surface area contributed by atoms with Crippen molar-refractivity contribution in [1.82, 2.24) is 10.2 Å². The number of rotatable bonds is 5. The molecule has 1 aromatic carbocycles. The minimum Gasteiger partial charge on any atom is -0.444 e. The molecule has 6 heteroatoms. The number of carbonyl (C=O) groups excluding carboxylic acids is 2.